The van der Waals surface area contributed by atoms with Crippen LogP contribution in [0, 0.1) is 46.8 Å². The number of amides is 3. The van der Waals surface area contributed by atoms with Gasteiger partial charge in [0.15, 0.2) is 0 Å². The SMILES string of the molecule is CCS(=O)(=O)N1CC(CC#N)(N2CC(C3NC(NC4CCC(C(=O)NCCCNCC5CCC(C6CCC(=O)NC6=O)CC5)CC4)NC4NCCC43)CN2)C1. The number of piperidine rings is 1. The van der Waals surface area contributed by atoms with Crippen molar-refractivity contribution in [3.8, 4) is 6.07 Å². The van der Waals surface area contributed by atoms with Crippen molar-refractivity contribution in [1.82, 2.24) is 52.0 Å². The lowest BCUT2D eigenvalue weighted by Gasteiger charge is -2.53. The number of hydrogen-bond donors (Lipinski definition) is 8. The van der Waals surface area contributed by atoms with Crippen LogP contribution in [0.2, 0.25) is 0 Å². The zero-order valence-corrected chi connectivity index (χ0v) is 33.4. The highest BCUT2D eigenvalue weighted by molar-refractivity contribution is 7.89. The second kappa shape index (κ2) is 18.1. The van der Waals surface area contributed by atoms with Gasteiger partial charge < -0.3 is 16.0 Å². The average Bonchev–Trinajstić information content (AvgIpc) is 3.85. The van der Waals surface area contributed by atoms with Crippen LogP contribution in [0.25, 0.3) is 0 Å². The molecule has 7 fully saturated rings. The zero-order chi connectivity index (χ0) is 38.6. The second-order valence-electron chi connectivity index (χ2n) is 17.5. The Labute approximate surface area is 327 Å². The van der Waals surface area contributed by atoms with Gasteiger partial charge in [0, 0.05) is 74.9 Å². The number of nitrogens with zero attached hydrogens (tertiary/aromatic N) is 3. The molecular formula is C38H65N11O5S. The van der Waals surface area contributed by atoms with Crippen molar-refractivity contribution in [2.45, 2.75) is 120 Å². The lowest BCUT2D eigenvalue weighted by Crippen LogP contribution is -2.73. The summed E-state index contributed by atoms with van der Waals surface area (Å²) in [6, 6.07) is 2.89. The predicted octanol–water partition coefficient (Wildman–Crippen LogP) is -0.375. The molecule has 5 heterocycles. The Morgan fingerprint density at radius 1 is 0.982 bits per heavy atom. The molecule has 0 aromatic heterocycles. The third kappa shape index (κ3) is 9.55. The molecule has 3 amide bonds. The van der Waals surface area contributed by atoms with Crippen molar-refractivity contribution >= 4 is 27.7 Å². The van der Waals surface area contributed by atoms with Crippen molar-refractivity contribution in [3.63, 3.8) is 0 Å². The number of carbonyl (C=O) groups excluding carboxylic acids is 3. The summed E-state index contributed by atoms with van der Waals surface area (Å²) < 4.78 is 26.5. The molecule has 308 valence electrons. The highest BCUT2D eigenvalue weighted by atomic mass is 32.2. The first-order valence-electron chi connectivity index (χ1n) is 21.3. The maximum absolute atomic E-state index is 13.0. The number of nitrogens with one attached hydrogen (secondary N) is 8. The van der Waals surface area contributed by atoms with E-state index in [1.54, 1.807) is 6.92 Å². The number of fused-ring (bicyclic) bond motifs is 1. The van der Waals surface area contributed by atoms with Gasteiger partial charge in [-0.05, 0) is 109 Å². The summed E-state index contributed by atoms with van der Waals surface area (Å²) in [7, 11) is -3.28. The van der Waals surface area contributed by atoms with E-state index in [9.17, 15) is 28.1 Å². The molecule has 7 rings (SSSR count). The normalized spacial score (nSPS) is 37.1. The van der Waals surface area contributed by atoms with Crippen molar-refractivity contribution in [1.29, 1.82) is 5.26 Å². The topological polar surface area (TPSA) is 212 Å². The quantitative estimate of drug-likeness (QED) is 0.0788. The van der Waals surface area contributed by atoms with E-state index in [1.807, 2.05) is 0 Å². The van der Waals surface area contributed by atoms with Crippen LogP contribution in [0.15, 0.2) is 0 Å². The summed E-state index contributed by atoms with van der Waals surface area (Å²) in [5, 5.41) is 36.2. The molecular weight excluding hydrogens is 723 g/mol. The summed E-state index contributed by atoms with van der Waals surface area (Å²) in [6.07, 6.45) is 11.6. The molecule has 2 aliphatic carbocycles. The molecule has 0 aromatic rings. The van der Waals surface area contributed by atoms with Gasteiger partial charge in [-0.15, -0.1) is 0 Å². The molecule has 16 nitrogen and oxygen atoms in total. The molecule has 5 aliphatic heterocycles. The maximum atomic E-state index is 13.0. The molecule has 17 heteroatoms. The van der Waals surface area contributed by atoms with Crippen LogP contribution in [-0.2, 0) is 24.4 Å². The summed E-state index contributed by atoms with van der Waals surface area (Å²) in [4.78, 5) is 36.8. The molecule has 0 spiro atoms. The smallest absolute Gasteiger partial charge is 0.229 e. The fraction of sp³-hybridized carbons (Fsp3) is 0.895. The average molecular weight is 788 g/mol. The van der Waals surface area contributed by atoms with Crippen molar-refractivity contribution in [3.05, 3.63) is 0 Å². The summed E-state index contributed by atoms with van der Waals surface area (Å²) in [5.41, 5.74) is 3.07. The van der Waals surface area contributed by atoms with Gasteiger partial charge in [-0.25, -0.2) is 13.4 Å². The Morgan fingerprint density at radius 3 is 2.49 bits per heavy atom. The summed E-state index contributed by atoms with van der Waals surface area (Å²) in [6.45, 7) is 7.41. The summed E-state index contributed by atoms with van der Waals surface area (Å²) >= 11 is 0. The Hall–Kier alpha value is -2.27. The van der Waals surface area contributed by atoms with Crippen LogP contribution in [0.3, 0.4) is 0 Å². The molecule has 55 heavy (non-hydrogen) atoms. The lowest BCUT2D eigenvalue weighted by molar-refractivity contribution is -0.138. The first kappa shape index (κ1) is 40.9. The first-order valence-corrected chi connectivity index (χ1v) is 22.9. The molecule has 0 radical (unpaired) electrons. The van der Waals surface area contributed by atoms with Crippen LogP contribution >= 0.6 is 0 Å². The van der Waals surface area contributed by atoms with Crippen molar-refractivity contribution < 1.29 is 22.8 Å². The minimum absolute atomic E-state index is 0.000899. The number of nitriles is 1. The van der Waals surface area contributed by atoms with Crippen LogP contribution in [-0.4, -0.2) is 124 Å². The van der Waals surface area contributed by atoms with E-state index in [2.05, 4.69) is 53.7 Å². The van der Waals surface area contributed by atoms with E-state index in [0.29, 0.717) is 62.2 Å². The summed E-state index contributed by atoms with van der Waals surface area (Å²) in [5.74, 6) is 1.85. The number of hydrogen-bond acceptors (Lipinski definition) is 13. The molecule has 8 N–H and O–H groups in total. The number of carbonyl (C=O) groups is 3. The van der Waals surface area contributed by atoms with E-state index in [4.69, 9.17) is 0 Å². The number of sulfonamides is 1. The predicted molar refractivity (Wildman–Crippen MR) is 207 cm³/mol. The standard InChI is InChI=1S/C38H65N11O5S/c1-2-55(53,54)48-23-38(24-48,15-16-39)49-22-28(21-43-49)33-31-14-19-41-34(31)47-37(46-33)44-29-10-8-27(9-11-29)35(51)42-18-3-17-40-20-25-4-6-26(7-5-25)30-12-13-32(50)45-36(30)52/h25-31,33-34,37,40-41,43-44,46-47H,2-15,17-24H2,1H3,(H,42,51)(H,45,50,52). The Morgan fingerprint density at radius 2 is 1.76 bits per heavy atom. The molecule has 2 saturated carbocycles. The van der Waals surface area contributed by atoms with E-state index in [1.165, 1.54) is 4.31 Å². The zero-order valence-electron chi connectivity index (χ0n) is 32.6. The number of imide groups is 1. The number of rotatable bonds is 15. The van der Waals surface area contributed by atoms with Crippen LogP contribution in [0.5, 0.6) is 0 Å². The fourth-order valence-corrected chi connectivity index (χ4v) is 12.0. The highest BCUT2D eigenvalue weighted by Gasteiger charge is 2.55. The van der Waals surface area contributed by atoms with Crippen LogP contribution < -0.4 is 42.6 Å². The Kier molecular flexibility index (Phi) is 13.5. The van der Waals surface area contributed by atoms with Gasteiger partial charge in [-0.1, -0.05) is 0 Å². The van der Waals surface area contributed by atoms with Crippen LogP contribution in [0.1, 0.15) is 90.4 Å². The van der Waals surface area contributed by atoms with Gasteiger partial charge in [0.25, 0.3) is 0 Å². The Balaban J connectivity index is 0.781. The molecule has 0 aromatic carbocycles. The van der Waals surface area contributed by atoms with E-state index in [-0.39, 0.29) is 60.2 Å². The van der Waals surface area contributed by atoms with Gasteiger partial charge in [0.2, 0.25) is 27.7 Å². The monoisotopic (exact) mass is 787 g/mol. The van der Waals surface area contributed by atoms with E-state index in [0.717, 1.165) is 96.9 Å². The van der Waals surface area contributed by atoms with Gasteiger partial charge in [-0.2, -0.15) is 9.57 Å². The van der Waals surface area contributed by atoms with Crippen molar-refractivity contribution in [2.75, 3.05) is 58.1 Å². The molecule has 7 aliphatic rings. The largest absolute Gasteiger partial charge is 0.356 e. The maximum Gasteiger partial charge on any atom is 0.229 e. The minimum Gasteiger partial charge on any atom is -0.356 e. The Bertz CT molecular complexity index is 1510. The molecule has 0 bridgehead atoms. The van der Waals surface area contributed by atoms with Gasteiger partial charge in [-0.3, -0.25) is 41.1 Å². The lowest BCUT2D eigenvalue weighted by atomic mass is 9.73. The fourth-order valence-electron chi connectivity index (χ4n) is 10.7. The van der Waals surface area contributed by atoms with E-state index >= 15 is 0 Å². The van der Waals surface area contributed by atoms with Gasteiger partial charge in [0.1, 0.15) is 6.29 Å². The van der Waals surface area contributed by atoms with Crippen LogP contribution in [0.4, 0.5) is 0 Å². The highest BCUT2D eigenvalue weighted by Crippen LogP contribution is 2.38. The minimum atomic E-state index is -3.28. The van der Waals surface area contributed by atoms with Crippen molar-refractivity contribution in [2.24, 2.45) is 35.5 Å². The number of hydrazine groups is 1. The van der Waals surface area contributed by atoms with Gasteiger partial charge >= 0.3 is 0 Å². The molecule has 5 saturated heterocycles. The third-order valence-electron chi connectivity index (χ3n) is 14.1. The first-order chi connectivity index (χ1) is 26.6. The third-order valence-corrected chi connectivity index (χ3v) is 15.9. The molecule has 6 unspecified atom stereocenters. The molecule has 6 atom stereocenters. The second-order valence-corrected chi connectivity index (χ2v) is 19.8. The van der Waals surface area contributed by atoms with E-state index < -0.39 is 15.6 Å². The van der Waals surface area contributed by atoms with Gasteiger partial charge in [0.05, 0.1) is 29.9 Å².